The van der Waals surface area contributed by atoms with Gasteiger partial charge in [0.1, 0.15) is 6.04 Å². The van der Waals surface area contributed by atoms with Crippen LogP contribution in [0.25, 0.3) is 0 Å². The first-order chi connectivity index (χ1) is 11.5. The van der Waals surface area contributed by atoms with E-state index in [0.29, 0.717) is 18.8 Å². The first-order valence-electron chi connectivity index (χ1n) is 7.97. The van der Waals surface area contributed by atoms with Crippen molar-refractivity contribution in [2.45, 2.75) is 24.9 Å². The predicted molar refractivity (Wildman–Crippen MR) is 92.2 cm³/mol. The van der Waals surface area contributed by atoms with Crippen molar-refractivity contribution < 1.29 is 9.59 Å². The molecule has 1 aliphatic rings. The van der Waals surface area contributed by atoms with E-state index in [1.54, 1.807) is 22.9 Å². The maximum absolute atomic E-state index is 12.8. The molecule has 0 radical (unpaired) electrons. The summed E-state index contributed by atoms with van der Waals surface area (Å²) in [6, 6.07) is -1.01. The summed E-state index contributed by atoms with van der Waals surface area (Å²) in [6.45, 7) is 2.67. The van der Waals surface area contributed by atoms with Crippen molar-refractivity contribution in [3.63, 3.8) is 0 Å². The zero-order valence-electron chi connectivity index (χ0n) is 13.9. The lowest BCUT2D eigenvalue weighted by molar-refractivity contribution is -0.138. The predicted octanol–water partition coefficient (Wildman–Crippen LogP) is -1.12. The van der Waals surface area contributed by atoms with E-state index in [9.17, 15) is 9.59 Å². The lowest BCUT2D eigenvalue weighted by Gasteiger charge is -2.30. The summed E-state index contributed by atoms with van der Waals surface area (Å²) < 4.78 is 1.42. The molecule has 5 N–H and O–H groups in total. The number of piperazine rings is 1. The van der Waals surface area contributed by atoms with E-state index in [0.717, 1.165) is 25.3 Å². The molecular weight excluding hydrogens is 330 g/mol. The minimum atomic E-state index is -0.769. The normalized spacial score (nSPS) is 17.5. The lowest BCUT2D eigenvalue weighted by atomic mass is 10.1. The minimum Gasteiger partial charge on any atom is -0.370 e. The Balaban J connectivity index is 2.13. The number of carbonyl (C=O) groups excluding carboxylic acids is 2. The van der Waals surface area contributed by atoms with Crippen LogP contribution in [0.1, 0.15) is 30.6 Å². The molecule has 2 heterocycles. The van der Waals surface area contributed by atoms with Gasteiger partial charge in [-0.2, -0.15) is 11.8 Å². The van der Waals surface area contributed by atoms with Crippen molar-refractivity contribution in [1.82, 2.24) is 25.2 Å². The molecule has 2 amide bonds. The average Bonchev–Trinajstić information content (AvgIpc) is 3.07. The van der Waals surface area contributed by atoms with Gasteiger partial charge in [-0.25, -0.2) is 4.68 Å². The fraction of sp³-hybridized carbons (Fsp3) is 0.714. The highest BCUT2D eigenvalue weighted by atomic mass is 32.2. The van der Waals surface area contributed by atoms with Crippen LogP contribution >= 0.6 is 11.8 Å². The fourth-order valence-electron chi connectivity index (χ4n) is 2.59. The minimum absolute atomic E-state index is 0.106. The van der Waals surface area contributed by atoms with Gasteiger partial charge < -0.3 is 21.7 Å². The second kappa shape index (κ2) is 9.00. The number of rotatable bonds is 8. The Morgan fingerprint density at radius 2 is 2.12 bits per heavy atom. The summed E-state index contributed by atoms with van der Waals surface area (Å²) in [4.78, 5) is 25.9. The number of hydrogen-bond donors (Lipinski definition) is 3. The van der Waals surface area contributed by atoms with Crippen molar-refractivity contribution in [3.8, 4) is 0 Å². The molecule has 10 heteroatoms. The molecule has 0 unspecified atom stereocenters. The lowest BCUT2D eigenvalue weighted by Crippen LogP contribution is -2.49. The maximum atomic E-state index is 12.8. The summed E-state index contributed by atoms with van der Waals surface area (Å²) in [5.74, 6) is 0.204. The Hall–Kier alpha value is -1.65. The Morgan fingerprint density at radius 1 is 1.42 bits per heavy atom. The molecule has 1 aromatic heterocycles. The molecule has 9 nitrogen and oxygen atoms in total. The fourth-order valence-corrected chi connectivity index (χ4v) is 3.08. The van der Waals surface area contributed by atoms with E-state index < -0.39 is 11.9 Å². The van der Waals surface area contributed by atoms with Crippen LogP contribution in [0.5, 0.6) is 0 Å². The van der Waals surface area contributed by atoms with Crippen LogP contribution < -0.4 is 16.8 Å². The Morgan fingerprint density at radius 3 is 2.75 bits per heavy atom. The van der Waals surface area contributed by atoms with Gasteiger partial charge in [-0.3, -0.25) is 9.59 Å². The summed E-state index contributed by atoms with van der Waals surface area (Å²) in [6.07, 6.45) is 4.33. The highest BCUT2D eigenvalue weighted by Gasteiger charge is 2.29. The van der Waals surface area contributed by atoms with Crippen LogP contribution in [0.3, 0.4) is 0 Å². The zero-order valence-corrected chi connectivity index (χ0v) is 14.7. The second-order valence-corrected chi connectivity index (χ2v) is 6.76. The van der Waals surface area contributed by atoms with Crippen molar-refractivity contribution in [3.05, 3.63) is 11.9 Å². The van der Waals surface area contributed by atoms with Crippen LogP contribution in [-0.2, 0) is 9.59 Å². The molecule has 2 rings (SSSR count). The number of primary amides is 1. The Kier molecular flexibility index (Phi) is 7.00. The molecule has 0 aliphatic carbocycles. The summed E-state index contributed by atoms with van der Waals surface area (Å²) in [5, 5.41) is 11.3. The van der Waals surface area contributed by atoms with Gasteiger partial charge in [-0.05, 0) is 18.4 Å². The van der Waals surface area contributed by atoms with Crippen LogP contribution in [0, 0.1) is 0 Å². The van der Waals surface area contributed by atoms with Gasteiger partial charge in [0.2, 0.25) is 11.8 Å². The second-order valence-electron chi connectivity index (χ2n) is 5.77. The molecule has 1 fully saturated rings. The van der Waals surface area contributed by atoms with Crippen molar-refractivity contribution in [1.29, 1.82) is 0 Å². The van der Waals surface area contributed by atoms with Gasteiger partial charge in [0.05, 0.1) is 24.4 Å². The van der Waals surface area contributed by atoms with Gasteiger partial charge in [-0.15, -0.1) is 5.10 Å². The van der Waals surface area contributed by atoms with E-state index in [2.05, 4.69) is 15.6 Å². The van der Waals surface area contributed by atoms with Gasteiger partial charge in [0.25, 0.3) is 0 Å². The highest BCUT2D eigenvalue weighted by Crippen LogP contribution is 2.18. The Labute approximate surface area is 145 Å². The van der Waals surface area contributed by atoms with Crippen LogP contribution in [0.2, 0.25) is 0 Å². The number of carbonyl (C=O) groups is 2. The Bertz CT molecular complexity index is 559. The highest BCUT2D eigenvalue weighted by molar-refractivity contribution is 7.98. The maximum Gasteiger partial charge on any atom is 0.248 e. The third kappa shape index (κ3) is 4.92. The van der Waals surface area contributed by atoms with Crippen molar-refractivity contribution in [2.75, 3.05) is 38.2 Å². The quantitative estimate of drug-likeness (QED) is 0.538. The van der Waals surface area contributed by atoms with Crippen molar-refractivity contribution in [2.24, 2.45) is 11.5 Å². The van der Waals surface area contributed by atoms with Crippen LogP contribution in [-0.4, -0.2) is 69.9 Å². The van der Waals surface area contributed by atoms with Gasteiger partial charge >= 0.3 is 0 Å². The molecule has 134 valence electrons. The van der Waals surface area contributed by atoms with E-state index in [4.69, 9.17) is 11.5 Å². The largest absolute Gasteiger partial charge is 0.370 e. The topological polar surface area (TPSA) is 132 Å². The van der Waals surface area contributed by atoms with E-state index in [1.165, 1.54) is 4.68 Å². The van der Waals surface area contributed by atoms with Crippen molar-refractivity contribution >= 4 is 23.6 Å². The number of nitrogens with one attached hydrogen (secondary N) is 1. The molecule has 0 bridgehead atoms. The summed E-state index contributed by atoms with van der Waals surface area (Å²) in [7, 11) is 0. The molecule has 1 saturated heterocycles. The standard InChI is InChI=1S/C14H25N7O2S/c1-24-7-2-10(15)11-9-21(19-18-11)12(8-13(16)22)14(23)20-5-3-17-4-6-20/h9-10,12,17H,2-8,15H2,1H3,(H2,16,22)/t10-,12-/m0/s1. The molecule has 0 spiro atoms. The van der Waals surface area contributed by atoms with Gasteiger partial charge in [-0.1, -0.05) is 5.21 Å². The van der Waals surface area contributed by atoms with E-state index in [1.807, 2.05) is 6.26 Å². The molecule has 1 aliphatic heterocycles. The number of nitrogens with two attached hydrogens (primary N) is 2. The zero-order chi connectivity index (χ0) is 17.5. The molecular formula is C14H25N7O2S. The van der Waals surface area contributed by atoms with Gasteiger partial charge in [0.15, 0.2) is 0 Å². The number of hydrogen-bond acceptors (Lipinski definition) is 7. The number of nitrogens with zero attached hydrogens (tertiary/aromatic N) is 4. The number of aromatic nitrogens is 3. The molecule has 0 saturated carbocycles. The smallest absolute Gasteiger partial charge is 0.248 e. The summed E-state index contributed by atoms with van der Waals surface area (Å²) in [5.41, 5.74) is 12.0. The number of thioether (sulfide) groups is 1. The first-order valence-corrected chi connectivity index (χ1v) is 9.36. The van der Waals surface area contributed by atoms with E-state index in [-0.39, 0.29) is 18.4 Å². The molecule has 1 aromatic rings. The van der Waals surface area contributed by atoms with Gasteiger partial charge in [0, 0.05) is 26.2 Å². The van der Waals surface area contributed by atoms with E-state index >= 15 is 0 Å². The monoisotopic (exact) mass is 355 g/mol. The first kappa shape index (κ1) is 18.7. The third-order valence-corrected chi connectivity index (χ3v) is 4.61. The third-order valence-electron chi connectivity index (χ3n) is 3.97. The van der Waals surface area contributed by atoms with Crippen LogP contribution in [0.4, 0.5) is 0 Å². The molecule has 0 aromatic carbocycles. The average molecular weight is 355 g/mol. The molecule has 24 heavy (non-hydrogen) atoms. The number of amides is 2. The SMILES string of the molecule is CSCC[C@H](N)c1cn([C@@H](CC(N)=O)C(=O)N2CCNCC2)nn1. The van der Waals surface area contributed by atoms with Crippen LogP contribution in [0.15, 0.2) is 6.20 Å². The molecule has 2 atom stereocenters. The summed E-state index contributed by atoms with van der Waals surface area (Å²) >= 11 is 1.71.